The first kappa shape index (κ1) is 19.4. The molecule has 1 amide bonds. The normalized spacial score (nSPS) is 12.6. The van der Waals surface area contributed by atoms with Gasteiger partial charge in [0.05, 0.1) is 25.3 Å². The van der Waals surface area contributed by atoms with Crippen molar-refractivity contribution in [1.82, 2.24) is 10.4 Å². The Morgan fingerprint density at radius 3 is 2.38 bits per heavy atom. The molecule has 0 saturated carbocycles. The molecule has 0 saturated heterocycles. The number of pyridine rings is 1. The quantitative estimate of drug-likeness (QED) is 0.581. The second-order valence-corrected chi connectivity index (χ2v) is 7.31. The van der Waals surface area contributed by atoms with Gasteiger partial charge < -0.3 is 4.74 Å². The zero-order chi connectivity index (χ0) is 19.2. The number of ether oxygens (including phenoxy) is 1. The molecule has 0 radical (unpaired) electrons. The number of benzene rings is 1. The fourth-order valence-corrected chi connectivity index (χ4v) is 3.43. The molecule has 2 aromatic rings. The fraction of sp³-hybridized carbons (Fsp3) is 0.235. The summed E-state index contributed by atoms with van der Waals surface area (Å²) in [6.45, 7) is 1.49. The maximum absolute atomic E-state index is 12.3. The van der Waals surface area contributed by atoms with Gasteiger partial charge in [0.2, 0.25) is 10.0 Å². The highest BCUT2D eigenvalue weighted by molar-refractivity contribution is 7.92. The number of nitrogens with one attached hydrogen (secondary N) is 1. The summed E-state index contributed by atoms with van der Waals surface area (Å²) in [6.07, 6.45) is 5.69. The van der Waals surface area contributed by atoms with Crippen molar-refractivity contribution >= 4 is 27.8 Å². The van der Waals surface area contributed by atoms with Crippen LogP contribution in [0.25, 0.3) is 0 Å². The zero-order valence-electron chi connectivity index (χ0n) is 14.7. The minimum atomic E-state index is -3.69. The van der Waals surface area contributed by atoms with Crippen LogP contribution in [0.4, 0.5) is 5.69 Å². The Balaban J connectivity index is 2.16. The maximum Gasteiger partial charge on any atom is 0.263 e. The molecule has 1 heterocycles. The third-order valence-corrected chi connectivity index (χ3v) is 4.75. The molecule has 0 aliphatic rings. The number of amides is 1. The molecule has 1 atom stereocenters. The van der Waals surface area contributed by atoms with Crippen LogP contribution in [0.3, 0.4) is 0 Å². The SMILES string of the molecule is COc1ccc(N([C@@H](C)C(=O)N/N=C\c2ccncc2)S(C)(=O)=O)cc1. The molecule has 138 valence electrons. The Kier molecular flexibility index (Phi) is 6.29. The van der Waals surface area contributed by atoms with E-state index in [-0.39, 0.29) is 0 Å². The van der Waals surface area contributed by atoms with E-state index >= 15 is 0 Å². The molecule has 0 spiro atoms. The summed E-state index contributed by atoms with van der Waals surface area (Å²) in [6, 6.07) is 8.85. The second-order valence-electron chi connectivity index (χ2n) is 5.45. The van der Waals surface area contributed by atoms with E-state index in [2.05, 4.69) is 15.5 Å². The van der Waals surface area contributed by atoms with Crippen molar-refractivity contribution in [3.8, 4) is 5.75 Å². The van der Waals surface area contributed by atoms with Crippen LogP contribution in [0.5, 0.6) is 5.75 Å². The summed E-state index contributed by atoms with van der Waals surface area (Å²) >= 11 is 0. The lowest BCUT2D eigenvalue weighted by Gasteiger charge is -2.27. The Morgan fingerprint density at radius 2 is 1.85 bits per heavy atom. The van der Waals surface area contributed by atoms with E-state index in [0.717, 1.165) is 16.1 Å². The Bertz CT molecular complexity index is 867. The van der Waals surface area contributed by atoms with Gasteiger partial charge in [-0.15, -0.1) is 0 Å². The molecular formula is C17H20N4O4S. The first-order chi connectivity index (χ1) is 12.3. The molecule has 1 aromatic carbocycles. The van der Waals surface area contributed by atoms with E-state index in [0.29, 0.717) is 11.4 Å². The van der Waals surface area contributed by atoms with Gasteiger partial charge >= 0.3 is 0 Å². The van der Waals surface area contributed by atoms with Gasteiger partial charge in [-0.1, -0.05) is 0 Å². The zero-order valence-corrected chi connectivity index (χ0v) is 15.5. The predicted molar refractivity (Wildman–Crippen MR) is 99.8 cm³/mol. The van der Waals surface area contributed by atoms with Crippen molar-refractivity contribution in [3.63, 3.8) is 0 Å². The lowest BCUT2D eigenvalue weighted by atomic mass is 10.2. The molecule has 0 fully saturated rings. The third kappa shape index (κ3) is 5.03. The van der Waals surface area contributed by atoms with Gasteiger partial charge in [-0.3, -0.25) is 14.1 Å². The minimum absolute atomic E-state index is 0.356. The van der Waals surface area contributed by atoms with Gasteiger partial charge in [-0.2, -0.15) is 5.10 Å². The summed E-state index contributed by atoms with van der Waals surface area (Å²) in [5.41, 5.74) is 3.46. The monoisotopic (exact) mass is 376 g/mol. The van der Waals surface area contributed by atoms with Gasteiger partial charge in [-0.05, 0) is 48.9 Å². The summed E-state index contributed by atoms with van der Waals surface area (Å²) < 4.78 is 30.5. The number of methoxy groups -OCH3 is 1. The molecule has 26 heavy (non-hydrogen) atoms. The van der Waals surface area contributed by atoms with Crippen LogP contribution in [0, 0.1) is 0 Å². The van der Waals surface area contributed by atoms with E-state index in [1.165, 1.54) is 20.2 Å². The third-order valence-electron chi connectivity index (χ3n) is 3.51. The first-order valence-electron chi connectivity index (χ1n) is 7.69. The average molecular weight is 376 g/mol. The second kappa shape index (κ2) is 8.43. The molecule has 0 unspecified atom stereocenters. The van der Waals surface area contributed by atoms with Crippen molar-refractivity contribution in [3.05, 3.63) is 54.4 Å². The van der Waals surface area contributed by atoms with Gasteiger partial charge in [-0.25, -0.2) is 13.8 Å². The van der Waals surface area contributed by atoms with Crippen LogP contribution in [-0.2, 0) is 14.8 Å². The van der Waals surface area contributed by atoms with Gasteiger partial charge in [0.1, 0.15) is 11.8 Å². The van der Waals surface area contributed by atoms with Crippen LogP contribution in [0.15, 0.2) is 53.9 Å². The minimum Gasteiger partial charge on any atom is -0.497 e. The number of hydrazone groups is 1. The predicted octanol–water partition coefficient (Wildman–Crippen LogP) is 1.39. The van der Waals surface area contributed by atoms with Gasteiger partial charge in [0, 0.05) is 12.4 Å². The van der Waals surface area contributed by atoms with Crippen LogP contribution in [0.1, 0.15) is 12.5 Å². The van der Waals surface area contributed by atoms with Crippen molar-refractivity contribution in [2.45, 2.75) is 13.0 Å². The largest absolute Gasteiger partial charge is 0.497 e. The van der Waals surface area contributed by atoms with Crippen molar-refractivity contribution in [2.24, 2.45) is 5.10 Å². The number of anilines is 1. The van der Waals surface area contributed by atoms with E-state index in [1.54, 1.807) is 48.8 Å². The Hall–Kier alpha value is -2.94. The van der Waals surface area contributed by atoms with E-state index < -0.39 is 22.0 Å². The number of aromatic nitrogens is 1. The molecule has 1 aromatic heterocycles. The molecule has 8 nitrogen and oxygen atoms in total. The highest BCUT2D eigenvalue weighted by Gasteiger charge is 2.29. The van der Waals surface area contributed by atoms with Crippen LogP contribution in [-0.4, -0.2) is 44.9 Å². The highest BCUT2D eigenvalue weighted by Crippen LogP contribution is 2.23. The summed E-state index contributed by atoms with van der Waals surface area (Å²) in [5, 5.41) is 3.85. The van der Waals surface area contributed by atoms with Gasteiger partial charge in [0.25, 0.3) is 5.91 Å². The van der Waals surface area contributed by atoms with Crippen molar-refractivity contribution < 1.29 is 17.9 Å². The standard InChI is InChI=1S/C17H20N4O4S/c1-13(17(22)20-19-12-14-8-10-18-11-9-14)21(26(3,23)24)15-4-6-16(25-2)7-5-15/h4-13H,1-3H3,(H,20,22)/b19-12-/t13-/m0/s1. The van der Waals surface area contributed by atoms with Crippen molar-refractivity contribution in [2.75, 3.05) is 17.7 Å². The van der Waals surface area contributed by atoms with Gasteiger partial charge in [0.15, 0.2) is 0 Å². The summed E-state index contributed by atoms with van der Waals surface area (Å²) in [7, 11) is -2.17. The molecule has 0 aliphatic heterocycles. The number of rotatable bonds is 7. The number of sulfonamides is 1. The van der Waals surface area contributed by atoms with Crippen LogP contribution >= 0.6 is 0 Å². The number of carbonyl (C=O) groups excluding carboxylic acids is 1. The Labute approximate surface area is 152 Å². The summed E-state index contributed by atoms with van der Waals surface area (Å²) in [5.74, 6) is 0.0257. The summed E-state index contributed by atoms with van der Waals surface area (Å²) in [4.78, 5) is 16.2. The van der Waals surface area contributed by atoms with E-state index in [9.17, 15) is 13.2 Å². The molecule has 0 aliphatic carbocycles. The van der Waals surface area contributed by atoms with E-state index in [1.807, 2.05) is 0 Å². The van der Waals surface area contributed by atoms with Crippen LogP contribution < -0.4 is 14.5 Å². The van der Waals surface area contributed by atoms with E-state index in [4.69, 9.17) is 4.74 Å². The molecular weight excluding hydrogens is 356 g/mol. The molecule has 1 N–H and O–H groups in total. The number of carbonyl (C=O) groups is 1. The lowest BCUT2D eigenvalue weighted by Crippen LogP contribution is -2.46. The molecule has 0 bridgehead atoms. The number of nitrogens with zero attached hydrogens (tertiary/aromatic N) is 3. The van der Waals surface area contributed by atoms with Crippen molar-refractivity contribution in [1.29, 1.82) is 0 Å². The number of hydrogen-bond donors (Lipinski definition) is 1. The smallest absolute Gasteiger partial charge is 0.263 e. The molecule has 9 heteroatoms. The first-order valence-corrected chi connectivity index (χ1v) is 9.54. The van der Waals surface area contributed by atoms with Crippen LogP contribution in [0.2, 0.25) is 0 Å². The average Bonchev–Trinajstić information content (AvgIpc) is 2.62. The fourth-order valence-electron chi connectivity index (χ4n) is 2.25. The molecule has 2 rings (SSSR count). The maximum atomic E-state index is 12.3. The lowest BCUT2D eigenvalue weighted by molar-refractivity contribution is -0.121. The Morgan fingerprint density at radius 1 is 1.23 bits per heavy atom. The highest BCUT2D eigenvalue weighted by atomic mass is 32.2. The number of hydrogen-bond acceptors (Lipinski definition) is 6. The topological polar surface area (TPSA) is 101 Å².